The van der Waals surface area contributed by atoms with Gasteiger partial charge in [-0.15, -0.1) is 0 Å². The minimum absolute atomic E-state index is 0.0462. The van der Waals surface area contributed by atoms with E-state index in [0.717, 1.165) is 17.9 Å². The van der Waals surface area contributed by atoms with Gasteiger partial charge in [0, 0.05) is 5.02 Å². The van der Waals surface area contributed by atoms with Crippen LogP contribution in [0.1, 0.15) is 18.4 Å². The van der Waals surface area contributed by atoms with Gasteiger partial charge in [0.05, 0.1) is 5.54 Å². The van der Waals surface area contributed by atoms with E-state index in [9.17, 15) is 0 Å². The summed E-state index contributed by atoms with van der Waals surface area (Å²) >= 11 is 5.77. The van der Waals surface area contributed by atoms with E-state index >= 15 is 0 Å². The molecule has 12 heavy (non-hydrogen) atoms. The summed E-state index contributed by atoms with van der Waals surface area (Å²) < 4.78 is 0. The van der Waals surface area contributed by atoms with Gasteiger partial charge in [0.2, 0.25) is 0 Å². The highest BCUT2D eigenvalue weighted by atomic mass is 35.5. The van der Waals surface area contributed by atoms with Crippen molar-refractivity contribution < 1.29 is 0 Å². The fourth-order valence-electron chi connectivity index (χ4n) is 1.41. The van der Waals surface area contributed by atoms with Crippen molar-refractivity contribution in [3.8, 4) is 0 Å². The normalized spacial score (nSPS) is 19.2. The van der Waals surface area contributed by atoms with E-state index < -0.39 is 0 Å². The topological polar surface area (TPSA) is 38.0 Å². The van der Waals surface area contributed by atoms with Gasteiger partial charge in [0.25, 0.3) is 0 Å². The maximum absolute atomic E-state index is 5.77. The molecule has 3 heteroatoms. The highest BCUT2D eigenvalue weighted by molar-refractivity contribution is 6.30. The fourth-order valence-corrected chi connectivity index (χ4v) is 1.54. The zero-order chi connectivity index (χ0) is 8.60. The van der Waals surface area contributed by atoms with Gasteiger partial charge in [-0.05, 0) is 30.5 Å². The van der Waals surface area contributed by atoms with Gasteiger partial charge in [0.1, 0.15) is 0 Å². The van der Waals surface area contributed by atoms with E-state index in [2.05, 4.69) is 5.43 Å². The summed E-state index contributed by atoms with van der Waals surface area (Å²) in [6.45, 7) is 0. The largest absolute Gasteiger partial charge is 0.271 e. The van der Waals surface area contributed by atoms with Crippen LogP contribution in [0.2, 0.25) is 5.02 Å². The number of hydrogen-bond acceptors (Lipinski definition) is 2. The van der Waals surface area contributed by atoms with Crippen LogP contribution in [0.5, 0.6) is 0 Å². The molecule has 1 aliphatic carbocycles. The first-order valence-electron chi connectivity index (χ1n) is 4.01. The van der Waals surface area contributed by atoms with E-state index in [1.165, 1.54) is 5.56 Å². The number of hydrazine groups is 1. The summed E-state index contributed by atoms with van der Waals surface area (Å²) in [5.74, 6) is 5.46. The molecule has 0 spiro atoms. The number of benzene rings is 1. The summed E-state index contributed by atoms with van der Waals surface area (Å²) in [4.78, 5) is 0. The van der Waals surface area contributed by atoms with Crippen LogP contribution in [0.15, 0.2) is 24.3 Å². The number of rotatable bonds is 2. The zero-order valence-corrected chi connectivity index (χ0v) is 7.43. The molecular weight excluding hydrogens is 172 g/mol. The lowest BCUT2D eigenvalue weighted by molar-refractivity contribution is 0.541. The predicted molar refractivity (Wildman–Crippen MR) is 49.7 cm³/mol. The molecule has 3 N–H and O–H groups in total. The third kappa shape index (κ3) is 1.22. The fraction of sp³-hybridized carbons (Fsp3) is 0.333. The van der Waals surface area contributed by atoms with Gasteiger partial charge in [0.15, 0.2) is 0 Å². The van der Waals surface area contributed by atoms with E-state index in [4.69, 9.17) is 17.4 Å². The first-order chi connectivity index (χ1) is 5.77. The summed E-state index contributed by atoms with van der Waals surface area (Å²) in [5.41, 5.74) is 4.12. The van der Waals surface area contributed by atoms with Gasteiger partial charge in [-0.2, -0.15) is 0 Å². The van der Waals surface area contributed by atoms with Gasteiger partial charge in [-0.1, -0.05) is 23.7 Å². The smallest absolute Gasteiger partial charge is 0.0571 e. The minimum Gasteiger partial charge on any atom is -0.271 e. The number of halogens is 1. The van der Waals surface area contributed by atoms with E-state index in [-0.39, 0.29) is 5.54 Å². The quantitative estimate of drug-likeness (QED) is 0.541. The molecule has 2 nitrogen and oxygen atoms in total. The van der Waals surface area contributed by atoms with Crippen LogP contribution in [-0.4, -0.2) is 0 Å². The molecule has 64 valence electrons. The van der Waals surface area contributed by atoms with Crippen molar-refractivity contribution >= 4 is 11.6 Å². The Morgan fingerprint density at radius 2 is 1.83 bits per heavy atom. The van der Waals surface area contributed by atoms with E-state index in [0.29, 0.717) is 0 Å². The van der Waals surface area contributed by atoms with Crippen LogP contribution in [0.3, 0.4) is 0 Å². The number of nitrogens with one attached hydrogen (secondary N) is 1. The second-order valence-electron chi connectivity index (χ2n) is 3.23. The molecule has 0 atom stereocenters. The summed E-state index contributed by atoms with van der Waals surface area (Å²) in [6.07, 6.45) is 2.23. The van der Waals surface area contributed by atoms with Gasteiger partial charge >= 0.3 is 0 Å². The van der Waals surface area contributed by atoms with Crippen molar-refractivity contribution in [3.05, 3.63) is 34.9 Å². The third-order valence-corrected chi connectivity index (χ3v) is 2.68. The zero-order valence-electron chi connectivity index (χ0n) is 6.68. The Kier molecular flexibility index (Phi) is 1.83. The van der Waals surface area contributed by atoms with Crippen molar-refractivity contribution in [1.29, 1.82) is 0 Å². The molecule has 1 aliphatic rings. The molecule has 1 aromatic carbocycles. The molecule has 1 fully saturated rings. The van der Waals surface area contributed by atoms with Gasteiger partial charge in [-0.25, -0.2) is 5.43 Å². The van der Waals surface area contributed by atoms with Crippen LogP contribution in [0.4, 0.5) is 0 Å². The summed E-state index contributed by atoms with van der Waals surface area (Å²) in [5, 5.41) is 0.770. The van der Waals surface area contributed by atoms with Crippen LogP contribution < -0.4 is 11.3 Å². The number of nitrogens with two attached hydrogens (primary N) is 1. The van der Waals surface area contributed by atoms with Crippen LogP contribution >= 0.6 is 11.6 Å². The molecule has 0 radical (unpaired) electrons. The second-order valence-corrected chi connectivity index (χ2v) is 3.67. The molecule has 0 unspecified atom stereocenters. The monoisotopic (exact) mass is 182 g/mol. The molecule has 0 aromatic heterocycles. The first kappa shape index (κ1) is 8.05. The molecule has 0 amide bonds. The average molecular weight is 183 g/mol. The molecular formula is C9H11ClN2. The lowest BCUT2D eigenvalue weighted by atomic mass is 10.1. The minimum atomic E-state index is 0.0462. The Hall–Kier alpha value is -0.570. The van der Waals surface area contributed by atoms with Crippen molar-refractivity contribution in [2.75, 3.05) is 0 Å². The van der Waals surface area contributed by atoms with Gasteiger partial charge in [-0.3, -0.25) is 5.84 Å². The highest BCUT2D eigenvalue weighted by Gasteiger charge is 2.43. The van der Waals surface area contributed by atoms with Crippen molar-refractivity contribution in [1.82, 2.24) is 5.43 Å². The standard InChI is InChI=1S/C9H11ClN2/c10-8-3-1-7(2-4-8)9(12-11)5-6-9/h1-4,12H,5-6,11H2. The predicted octanol–water partition coefficient (Wildman–Crippen LogP) is 1.79. The Morgan fingerprint density at radius 3 is 2.25 bits per heavy atom. The summed E-state index contributed by atoms with van der Waals surface area (Å²) in [6, 6.07) is 7.84. The first-order valence-corrected chi connectivity index (χ1v) is 4.38. The third-order valence-electron chi connectivity index (χ3n) is 2.42. The van der Waals surface area contributed by atoms with Crippen LogP contribution in [-0.2, 0) is 5.54 Å². The molecule has 0 heterocycles. The van der Waals surface area contributed by atoms with Crippen molar-refractivity contribution in [2.45, 2.75) is 18.4 Å². The van der Waals surface area contributed by atoms with E-state index in [1.807, 2.05) is 24.3 Å². The van der Waals surface area contributed by atoms with Crippen molar-refractivity contribution in [2.24, 2.45) is 5.84 Å². The molecule has 1 saturated carbocycles. The van der Waals surface area contributed by atoms with Crippen LogP contribution in [0, 0.1) is 0 Å². The van der Waals surface area contributed by atoms with Gasteiger partial charge < -0.3 is 0 Å². The highest BCUT2D eigenvalue weighted by Crippen LogP contribution is 2.44. The average Bonchev–Trinajstić information content (AvgIpc) is 2.86. The lowest BCUT2D eigenvalue weighted by Crippen LogP contribution is -2.34. The lowest BCUT2D eigenvalue weighted by Gasteiger charge is -2.13. The van der Waals surface area contributed by atoms with Crippen LogP contribution in [0.25, 0.3) is 0 Å². The van der Waals surface area contributed by atoms with Crippen molar-refractivity contribution in [3.63, 3.8) is 0 Å². The molecule has 0 aliphatic heterocycles. The summed E-state index contributed by atoms with van der Waals surface area (Å²) in [7, 11) is 0. The second kappa shape index (κ2) is 2.73. The SMILES string of the molecule is NNC1(c2ccc(Cl)cc2)CC1. The Morgan fingerprint density at radius 1 is 1.25 bits per heavy atom. The van der Waals surface area contributed by atoms with E-state index in [1.54, 1.807) is 0 Å². The molecule has 1 aromatic rings. The maximum atomic E-state index is 5.77. The Bertz CT molecular complexity index is 277. The molecule has 0 saturated heterocycles. The molecule has 2 rings (SSSR count). The number of hydrogen-bond donors (Lipinski definition) is 2. The molecule has 0 bridgehead atoms. The Labute approximate surface area is 76.7 Å². The maximum Gasteiger partial charge on any atom is 0.0571 e. The Balaban J connectivity index is 2.29.